The molecule has 0 aliphatic heterocycles. The van der Waals surface area contributed by atoms with Gasteiger partial charge in [-0.25, -0.2) is 18.2 Å². The minimum absolute atomic E-state index is 0.0437. The third kappa shape index (κ3) is 4.15. The summed E-state index contributed by atoms with van der Waals surface area (Å²) in [6, 6.07) is 6.42. The summed E-state index contributed by atoms with van der Waals surface area (Å²) in [6.45, 7) is 1.78. The van der Waals surface area contributed by atoms with E-state index >= 15 is 0 Å². The summed E-state index contributed by atoms with van der Waals surface area (Å²) in [4.78, 5) is 16.9. The van der Waals surface area contributed by atoms with Crippen molar-refractivity contribution in [3.8, 4) is 10.6 Å². The molecular formula is C17H15NO4S3. The van der Waals surface area contributed by atoms with E-state index in [0.717, 1.165) is 16.8 Å². The molecule has 3 aromatic rings. The molecule has 0 saturated heterocycles. The second-order valence-corrected chi connectivity index (χ2v) is 9.13. The van der Waals surface area contributed by atoms with Crippen LogP contribution in [0.25, 0.3) is 10.6 Å². The average Bonchev–Trinajstić information content (AvgIpc) is 3.23. The number of ether oxygens (including phenoxy) is 1. The van der Waals surface area contributed by atoms with Crippen LogP contribution >= 0.6 is 22.7 Å². The first kappa shape index (κ1) is 17.8. The van der Waals surface area contributed by atoms with Gasteiger partial charge >= 0.3 is 5.97 Å². The van der Waals surface area contributed by atoms with Crippen LogP contribution in [0.1, 0.15) is 21.6 Å². The van der Waals surface area contributed by atoms with Gasteiger partial charge in [-0.2, -0.15) is 11.3 Å². The second kappa shape index (κ2) is 7.07. The average molecular weight is 394 g/mol. The maximum atomic E-state index is 12.3. The smallest absolute Gasteiger partial charge is 0.338 e. The molecule has 0 saturated carbocycles. The maximum absolute atomic E-state index is 12.3. The molecule has 0 N–H and O–H groups in total. The van der Waals surface area contributed by atoms with E-state index in [1.54, 1.807) is 24.3 Å². The standard InChI is InChI=1S/C17H15NO4S3/c1-11-3-4-14(25(2,20)21)7-15(11)17(19)22-8-13-10-24-16(18-13)12-5-6-23-9-12/h3-7,9-10H,8H2,1-2H3. The molecule has 3 rings (SSSR count). The van der Waals surface area contributed by atoms with Gasteiger partial charge in [0.1, 0.15) is 11.6 Å². The number of carbonyl (C=O) groups excluding carboxylic acids is 1. The van der Waals surface area contributed by atoms with Crippen LogP contribution in [0.4, 0.5) is 0 Å². The van der Waals surface area contributed by atoms with Crippen LogP contribution in [-0.2, 0) is 21.2 Å². The number of aryl methyl sites for hydroxylation is 1. The van der Waals surface area contributed by atoms with Gasteiger partial charge in [-0.3, -0.25) is 0 Å². The molecule has 5 nitrogen and oxygen atoms in total. The van der Waals surface area contributed by atoms with Gasteiger partial charge < -0.3 is 4.74 Å². The highest BCUT2D eigenvalue weighted by molar-refractivity contribution is 7.90. The number of benzene rings is 1. The number of esters is 1. The zero-order valence-electron chi connectivity index (χ0n) is 13.6. The van der Waals surface area contributed by atoms with Gasteiger partial charge in [0.25, 0.3) is 0 Å². The van der Waals surface area contributed by atoms with Crippen molar-refractivity contribution >= 4 is 38.5 Å². The van der Waals surface area contributed by atoms with E-state index in [0.29, 0.717) is 11.3 Å². The second-order valence-electron chi connectivity index (χ2n) is 5.48. The Labute approximate surface area is 153 Å². The quantitative estimate of drug-likeness (QED) is 0.614. The number of hydrogen-bond acceptors (Lipinski definition) is 7. The highest BCUT2D eigenvalue weighted by atomic mass is 32.2. The molecule has 0 radical (unpaired) electrons. The molecule has 25 heavy (non-hydrogen) atoms. The SMILES string of the molecule is Cc1ccc(S(C)(=O)=O)cc1C(=O)OCc1csc(-c2ccsc2)n1. The number of thiophene rings is 1. The highest BCUT2D eigenvalue weighted by Crippen LogP contribution is 2.26. The summed E-state index contributed by atoms with van der Waals surface area (Å²) in [5.74, 6) is -0.562. The van der Waals surface area contributed by atoms with Gasteiger partial charge in [0.05, 0.1) is 16.2 Å². The van der Waals surface area contributed by atoms with Gasteiger partial charge in [-0.15, -0.1) is 11.3 Å². The van der Waals surface area contributed by atoms with Crippen molar-refractivity contribution < 1.29 is 17.9 Å². The molecule has 0 amide bonds. The van der Waals surface area contributed by atoms with E-state index in [1.165, 1.54) is 23.5 Å². The van der Waals surface area contributed by atoms with Crippen molar-refractivity contribution in [3.63, 3.8) is 0 Å². The summed E-state index contributed by atoms with van der Waals surface area (Å²) in [5, 5.41) is 6.71. The van der Waals surface area contributed by atoms with Crippen molar-refractivity contribution in [1.29, 1.82) is 0 Å². The molecule has 0 aliphatic rings. The monoisotopic (exact) mass is 393 g/mol. The summed E-state index contributed by atoms with van der Waals surface area (Å²) in [6.07, 6.45) is 1.11. The first-order valence-corrected chi connectivity index (χ1v) is 11.0. The maximum Gasteiger partial charge on any atom is 0.338 e. The molecule has 2 aromatic heterocycles. The van der Waals surface area contributed by atoms with Crippen molar-refractivity contribution in [2.45, 2.75) is 18.4 Å². The minimum Gasteiger partial charge on any atom is -0.456 e. The largest absolute Gasteiger partial charge is 0.456 e. The number of sulfone groups is 1. The zero-order valence-corrected chi connectivity index (χ0v) is 16.0. The molecule has 0 spiro atoms. The highest BCUT2D eigenvalue weighted by Gasteiger charge is 2.16. The van der Waals surface area contributed by atoms with Crippen LogP contribution in [0.5, 0.6) is 0 Å². The normalized spacial score (nSPS) is 11.4. The molecular weight excluding hydrogens is 378 g/mol. The van der Waals surface area contributed by atoms with Crippen LogP contribution < -0.4 is 0 Å². The van der Waals surface area contributed by atoms with Gasteiger partial charge in [-0.1, -0.05) is 6.07 Å². The van der Waals surface area contributed by atoms with E-state index in [1.807, 2.05) is 22.2 Å². The van der Waals surface area contributed by atoms with Crippen LogP contribution in [-0.4, -0.2) is 25.6 Å². The zero-order chi connectivity index (χ0) is 18.0. The first-order valence-electron chi connectivity index (χ1n) is 7.29. The van der Waals surface area contributed by atoms with Gasteiger partial charge in [0.15, 0.2) is 9.84 Å². The Kier molecular flexibility index (Phi) is 5.03. The number of nitrogens with zero attached hydrogens (tertiary/aromatic N) is 1. The van der Waals surface area contributed by atoms with Crippen LogP contribution in [0.15, 0.2) is 45.3 Å². The molecule has 0 unspecified atom stereocenters. The number of thiazole rings is 1. The third-order valence-electron chi connectivity index (χ3n) is 3.53. The van der Waals surface area contributed by atoms with E-state index in [2.05, 4.69) is 4.98 Å². The summed E-state index contributed by atoms with van der Waals surface area (Å²) in [5.41, 5.74) is 2.62. The number of rotatable bonds is 5. The van der Waals surface area contributed by atoms with E-state index in [9.17, 15) is 13.2 Å². The molecule has 1 aromatic carbocycles. The Morgan fingerprint density at radius 2 is 2.04 bits per heavy atom. The molecule has 0 bridgehead atoms. The molecule has 130 valence electrons. The fourth-order valence-corrected chi connectivity index (χ4v) is 4.32. The lowest BCUT2D eigenvalue weighted by molar-refractivity contribution is 0.0467. The Balaban J connectivity index is 1.73. The van der Waals surface area contributed by atoms with Crippen molar-refractivity contribution in [2.75, 3.05) is 6.26 Å². The number of carbonyl (C=O) groups is 1. The topological polar surface area (TPSA) is 73.3 Å². The Morgan fingerprint density at radius 1 is 1.24 bits per heavy atom. The van der Waals surface area contributed by atoms with E-state index in [4.69, 9.17) is 4.74 Å². The molecule has 2 heterocycles. The van der Waals surface area contributed by atoms with Gasteiger partial charge in [0, 0.05) is 22.6 Å². The predicted molar refractivity (Wildman–Crippen MR) is 98.8 cm³/mol. The summed E-state index contributed by atoms with van der Waals surface area (Å²) >= 11 is 3.08. The Morgan fingerprint density at radius 3 is 2.72 bits per heavy atom. The number of aromatic nitrogens is 1. The molecule has 8 heteroatoms. The predicted octanol–water partition coefficient (Wildman–Crippen LogP) is 3.94. The minimum atomic E-state index is -3.38. The molecule has 0 fully saturated rings. The molecule has 0 atom stereocenters. The molecule has 0 aliphatic carbocycles. The van der Waals surface area contributed by atoms with Crippen molar-refractivity contribution in [3.05, 3.63) is 57.2 Å². The number of hydrogen-bond donors (Lipinski definition) is 0. The van der Waals surface area contributed by atoms with E-state index in [-0.39, 0.29) is 17.1 Å². The Bertz CT molecular complexity index is 1000. The fourth-order valence-electron chi connectivity index (χ4n) is 2.16. The van der Waals surface area contributed by atoms with Crippen molar-refractivity contribution in [1.82, 2.24) is 4.98 Å². The lowest BCUT2D eigenvalue weighted by Gasteiger charge is -2.08. The summed E-state index contributed by atoms with van der Waals surface area (Å²) in [7, 11) is -3.38. The van der Waals surface area contributed by atoms with Crippen LogP contribution in [0, 0.1) is 6.92 Å². The lowest BCUT2D eigenvalue weighted by atomic mass is 10.1. The first-order chi connectivity index (χ1) is 11.8. The lowest BCUT2D eigenvalue weighted by Crippen LogP contribution is -2.09. The van der Waals surface area contributed by atoms with Crippen molar-refractivity contribution in [2.24, 2.45) is 0 Å². The Hall–Kier alpha value is -2.03. The summed E-state index contributed by atoms with van der Waals surface area (Å²) < 4.78 is 28.6. The van der Waals surface area contributed by atoms with Gasteiger partial charge in [0.2, 0.25) is 0 Å². The third-order valence-corrected chi connectivity index (χ3v) is 6.26. The van der Waals surface area contributed by atoms with Crippen LogP contribution in [0.2, 0.25) is 0 Å². The fraction of sp³-hybridized carbons (Fsp3) is 0.176. The van der Waals surface area contributed by atoms with Crippen LogP contribution in [0.3, 0.4) is 0 Å². The van der Waals surface area contributed by atoms with E-state index < -0.39 is 15.8 Å². The van der Waals surface area contributed by atoms with Gasteiger partial charge in [-0.05, 0) is 36.1 Å².